The van der Waals surface area contributed by atoms with E-state index in [-0.39, 0.29) is 0 Å². The molecule has 4 aromatic rings. The Balaban J connectivity index is 1.37. The van der Waals surface area contributed by atoms with Gasteiger partial charge in [-0.3, -0.25) is 4.90 Å². The number of ether oxygens (including phenoxy) is 2. The SMILES string of the molecule is O=C1O[C@@H](c2ccc(OCc3ccccc3)cc2)[C@@H]([C@H](O)CCc2ccccc2)N1c1ccc(F)cc1. The van der Waals surface area contributed by atoms with Gasteiger partial charge in [-0.05, 0) is 65.9 Å². The summed E-state index contributed by atoms with van der Waals surface area (Å²) in [5.41, 5.74) is 3.37. The van der Waals surface area contributed by atoms with Gasteiger partial charge in [-0.1, -0.05) is 72.8 Å². The Morgan fingerprint density at radius 2 is 1.46 bits per heavy atom. The molecule has 188 valence electrons. The van der Waals surface area contributed by atoms with Crippen LogP contribution in [0.5, 0.6) is 5.75 Å². The van der Waals surface area contributed by atoms with Gasteiger partial charge in [0.2, 0.25) is 0 Å². The lowest BCUT2D eigenvalue weighted by Gasteiger charge is -2.29. The van der Waals surface area contributed by atoms with Gasteiger partial charge >= 0.3 is 6.09 Å². The Bertz CT molecular complexity index is 1300. The van der Waals surface area contributed by atoms with Crippen LogP contribution >= 0.6 is 0 Å². The monoisotopic (exact) mass is 497 g/mol. The largest absolute Gasteiger partial charge is 0.489 e. The quantitative estimate of drug-likeness (QED) is 0.288. The van der Waals surface area contributed by atoms with E-state index >= 15 is 0 Å². The first-order valence-corrected chi connectivity index (χ1v) is 12.3. The predicted molar refractivity (Wildman–Crippen MR) is 140 cm³/mol. The Hall–Kier alpha value is -4.16. The number of aryl methyl sites for hydroxylation is 1. The van der Waals surface area contributed by atoms with Crippen molar-refractivity contribution in [2.75, 3.05) is 4.90 Å². The van der Waals surface area contributed by atoms with Crippen molar-refractivity contribution in [2.24, 2.45) is 0 Å². The number of carbonyl (C=O) groups excluding carboxylic acids is 1. The fourth-order valence-electron chi connectivity index (χ4n) is 4.64. The summed E-state index contributed by atoms with van der Waals surface area (Å²) in [5, 5.41) is 11.3. The molecule has 5 nitrogen and oxygen atoms in total. The zero-order valence-electron chi connectivity index (χ0n) is 20.2. The molecule has 1 N–H and O–H groups in total. The molecule has 0 spiro atoms. The average Bonchev–Trinajstić information content (AvgIpc) is 3.29. The minimum absolute atomic E-state index is 0.403. The maximum absolute atomic E-state index is 13.6. The van der Waals surface area contributed by atoms with Crippen molar-refractivity contribution < 1.29 is 23.8 Å². The van der Waals surface area contributed by atoms with Gasteiger partial charge in [0.05, 0.1) is 6.10 Å². The number of anilines is 1. The van der Waals surface area contributed by atoms with Crippen LogP contribution in [0.25, 0.3) is 0 Å². The van der Waals surface area contributed by atoms with Crippen LogP contribution in [0.1, 0.15) is 29.2 Å². The topological polar surface area (TPSA) is 59.0 Å². The molecule has 4 aromatic carbocycles. The molecule has 1 aliphatic heterocycles. The van der Waals surface area contributed by atoms with Gasteiger partial charge in [0.1, 0.15) is 24.2 Å². The lowest BCUT2D eigenvalue weighted by molar-refractivity contribution is 0.0762. The lowest BCUT2D eigenvalue weighted by Crippen LogP contribution is -2.43. The Labute approximate surface area is 215 Å². The molecule has 0 saturated carbocycles. The van der Waals surface area contributed by atoms with Crippen LogP contribution in [0.2, 0.25) is 0 Å². The van der Waals surface area contributed by atoms with E-state index in [9.17, 15) is 14.3 Å². The second kappa shape index (κ2) is 11.3. The summed E-state index contributed by atoms with van der Waals surface area (Å²) in [4.78, 5) is 14.5. The summed E-state index contributed by atoms with van der Waals surface area (Å²) in [6, 6.07) is 32.1. The van der Waals surface area contributed by atoms with Crippen LogP contribution in [0, 0.1) is 5.82 Å². The van der Waals surface area contributed by atoms with Crippen molar-refractivity contribution >= 4 is 11.8 Å². The summed E-state index contributed by atoms with van der Waals surface area (Å²) >= 11 is 0. The average molecular weight is 498 g/mol. The van der Waals surface area contributed by atoms with E-state index in [4.69, 9.17) is 9.47 Å². The predicted octanol–water partition coefficient (Wildman–Crippen LogP) is 6.46. The van der Waals surface area contributed by atoms with E-state index in [1.54, 1.807) is 0 Å². The fourth-order valence-corrected chi connectivity index (χ4v) is 4.64. The summed E-state index contributed by atoms with van der Waals surface area (Å²) in [5.74, 6) is 0.286. The van der Waals surface area contributed by atoms with E-state index in [1.165, 1.54) is 29.2 Å². The number of benzene rings is 4. The summed E-state index contributed by atoms with van der Waals surface area (Å²) in [6.07, 6.45) is -1.09. The third kappa shape index (κ3) is 5.81. The second-order valence-corrected chi connectivity index (χ2v) is 9.08. The van der Waals surface area contributed by atoms with Crippen molar-refractivity contribution in [3.05, 3.63) is 132 Å². The van der Waals surface area contributed by atoms with Crippen molar-refractivity contribution in [1.82, 2.24) is 0 Å². The van der Waals surface area contributed by atoms with Gasteiger partial charge in [-0.2, -0.15) is 0 Å². The van der Waals surface area contributed by atoms with Crippen LogP contribution in [0.15, 0.2) is 109 Å². The first kappa shape index (κ1) is 24.5. The van der Waals surface area contributed by atoms with Gasteiger partial charge in [0.25, 0.3) is 0 Å². The van der Waals surface area contributed by atoms with Gasteiger partial charge in [-0.15, -0.1) is 0 Å². The molecule has 1 aliphatic rings. The maximum Gasteiger partial charge on any atom is 0.415 e. The van der Waals surface area contributed by atoms with E-state index in [0.29, 0.717) is 30.9 Å². The maximum atomic E-state index is 13.6. The molecule has 5 rings (SSSR count). The molecule has 0 radical (unpaired) electrons. The normalized spacial score (nSPS) is 17.9. The highest BCUT2D eigenvalue weighted by Crippen LogP contribution is 2.39. The smallest absolute Gasteiger partial charge is 0.415 e. The first-order valence-electron chi connectivity index (χ1n) is 12.3. The van der Waals surface area contributed by atoms with E-state index in [2.05, 4.69) is 0 Å². The number of aliphatic hydroxyl groups excluding tert-OH is 1. The molecule has 0 bridgehead atoms. The van der Waals surface area contributed by atoms with E-state index < -0.39 is 30.2 Å². The van der Waals surface area contributed by atoms with Crippen LogP contribution < -0.4 is 9.64 Å². The minimum atomic E-state index is -0.879. The molecule has 0 aliphatic carbocycles. The number of hydrogen-bond donors (Lipinski definition) is 1. The number of carbonyl (C=O) groups is 1. The highest BCUT2D eigenvalue weighted by atomic mass is 19.1. The molecule has 1 saturated heterocycles. The van der Waals surface area contributed by atoms with E-state index in [1.807, 2.05) is 84.9 Å². The number of rotatable bonds is 9. The standard InChI is InChI=1S/C31H28FNO4/c32-25-14-16-26(17-15-25)33-29(28(34)20-11-22-7-3-1-4-8-22)30(37-31(33)35)24-12-18-27(19-13-24)36-21-23-9-5-2-6-10-23/h1-10,12-19,28-30,34H,11,20-21H2/t28-,29-,30+/m1/s1. The number of hydrogen-bond acceptors (Lipinski definition) is 4. The number of halogens is 1. The van der Waals surface area contributed by atoms with Gasteiger partial charge in [0, 0.05) is 5.69 Å². The molecular weight excluding hydrogens is 469 g/mol. The van der Waals surface area contributed by atoms with Crippen LogP contribution in [0.3, 0.4) is 0 Å². The number of amides is 1. The molecule has 37 heavy (non-hydrogen) atoms. The molecule has 0 unspecified atom stereocenters. The third-order valence-electron chi connectivity index (χ3n) is 6.56. The van der Waals surface area contributed by atoms with Crippen molar-refractivity contribution in [3.8, 4) is 5.75 Å². The van der Waals surface area contributed by atoms with Gasteiger partial charge < -0.3 is 14.6 Å². The van der Waals surface area contributed by atoms with Crippen LogP contribution in [-0.4, -0.2) is 23.3 Å². The molecule has 1 fully saturated rings. The first-order chi connectivity index (χ1) is 18.1. The summed E-state index contributed by atoms with van der Waals surface area (Å²) in [6.45, 7) is 0.442. The number of cyclic esters (lactones) is 1. The fraction of sp³-hybridized carbons (Fsp3) is 0.194. The van der Waals surface area contributed by atoms with Crippen molar-refractivity contribution in [3.63, 3.8) is 0 Å². The highest BCUT2D eigenvalue weighted by molar-refractivity contribution is 5.91. The zero-order chi connectivity index (χ0) is 25.6. The second-order valence-electron chi connectivity index (χ2n) is 9.08. The number of aliphatic hydroxyl groups is 1. The molecule has 3 atom stereocenters. The van der Waals surface area contributed by atoms with E-state index in [0.717, 1.165) is 16.7 Å². The number of nitrogens with zero attached hydrogens (tertiary/aromatic N) is 1. The third-order valence-corrected chi connectivity index (χ3v) is 6.56. The molecular formula is C31H28FNO4. The molecule has 1 heterocycles. The summed E-state index contributed by atoms with van der Waals surface area (Å²) in [7, 11) is 0. The Morgan fingerprint density at radius 3 is 2.11 bits per heavy atom. The minimum Gasteiger partial charge on any atom is -0.489 e. The van der Waals surface area contributed by atoms with Crippen molar-refractivity contribution in [1.29, 1.82) is 0 Å². The Kier molecular flexibility index (Phi) is 7.47. The molecule has 6 heteroatoms. The zero-order valence-corrected chi connectivity index (χ0v) is 20.2. The van der Waals surface area contributed by atoms with Crippen molar-refractivity contribution in [2.45, 2.75) is 37.7 Å². The molecule has 0 aromatic heterocycles. The van der Waals surface area contributed by atoms with Crippen LogP contribution in [-0.2, 0) is 17.8 Å². The summed E-state index contributed by atoms with van der Waals surface area (Å²) < 4.78 is 25.3. The van der Waals surface area contributed by atoms with Crippen LogP contribution in [0.4, 0.5) is 14.9 Å². The van der Waals surface area contributed by atoms with Gasteiger partial charge in [-0.25, -0.2) is 9.18 Å². The lowest BCUT2D eigenvalue weighted by atomic mass is 9.93. The van der Waals surface area contributed by atoms with Gasteiger partial charge in [0.15, 0.2) is 6.10 Å². The highest BCUT2D eigenvalue weighted by Gasteiger charge is 2.47. The Morgan fingerprint density at radius 1 is 0.838 bits per heavy atom. The molecule has 1 amide bonds.